The molecule has 1 unspecified atom stereocenters. The topological polar surface area (TPSA) is 72.2 Å². The van der Waals surface area contributed by atoms with Crippen molar-refractivity contribution >= 4 is 34.0 Å². The van der Waals surface area contributed by atoms with Gasteiger partial charge in [-0.15, -0.1) is 12.4 Å². The summed E-state index contributed by atoms with van der Waals surface area (Å²) in [6.45, 7) is 5.71. The van der Waals surface area contributed by atoms with E-state index in [4.69, 9.17) is 17.3 Å². The Labute approximate surface area is 136 Å². The molecule has 0 bridgehead atoms. The molecule has 0 amide bonds. The van der Waals surface area contributed by atoms with E-state index in [1.807, 2.05) is 13.8 Å². The standard InChI is InChI=1S/C13H20ClFN2O2S.ClH/c1-9(2)7-13(3,8-16)17-20(18,19)12-10(14)5-4-6-11(12)15;/h4-6,9,17H,7-8,16H2,1-3H3;1H. The molecular weight excluding hydrogens is 338 g/mol. The molecule has 8 heteroatoms. The molecule has 0 saturated carbocycles. The van der Waals surface area contributed by atoms with E-state index in [1.54, 1.807) is 6.92 Å². The largest absolute Gasteiger partial charge is 0.329 e. The molecule has 0 radical (unpaired) electrons. The molecule has 0 aliphatic heterocycles. The van der Waals surface area contributed by atoms with Crippen LogP contribution in [0, 0.1) is 11.7 Å². The number of nitrogens with one attached hydrogen (secondary N) is 1. The van der Waals surface area contributed by atoms with Crippen LogP contribution in [-0.2, 0) is 10.0 Å². The van der Waals surface area contributed by atoms with Gasteiger partial charge in [0.1, 0.15) is 10.7 Å². The van der Waals surface area contributed by atoms with Crippen LogP contribution in [0.3, 0.4) is 0 Å². The van der Waals surface area contributed by atoms with Crippen molar-refractivity contribution in [2.24, 2.45) is 11.7 Å². The lowest BCUT2D eigenvalue weighted by molar-refractivity contribution is 0.344. The van der Waals surface area contributed by atoms with E-state index in [0.717, 1.165) is 6.07 Å². The third-order valence-electron chi connectivity index (χ3n) is 2.88. The van der Waals surface area contributed by atoms with Crippen molar-refractivity contribution in [3.05, 3.63) is 29.0 Å². The molecular formula is C13H21Cl2FN2O2S. The van der Waals surface area contributed by atoms with E-state index in [9.17, 15) is 12.8 Å². The van der Waals surface area contributed by atoms with E-state index >= 15 is 0 Å². The van der Waals surface area contributed by atoms with Crippen LogP contribution < -0.4 is 10.5 Å². The van der Waals surface area contributed by atoms with Crippen molar-refractivity contribution in [3.63, 3.8) is 0 Å². The second kappa shape index (κ2) is 7.74. The Kier molecular flexibility index (Phi) is 7.59. The summed E-state index contributed by atoms with van der Waals surface area (Å²) in [7, 11) is -4.07. The van der Waals surface area contributed by atoms with Gasteiger partial charge in [-0.2, -0.15) is 0 Å². The summed E-state index contributed by atoms with van der Waals surface area (Å²) >= 11 is 5.80. The molecule has 4 nitrogen and oxygen atoms in total. The van der Waals surface area contributed by atoms with Gasteiger partial charge in [0.25, 0.3) is 0 Å². The molecule has 1 rings (SSSR count). The number of nitrogens with two attached hydrogens (primary N) is 1. The average molecular weight is 359 g/mol. The smallest absolute Gasteiger partial charge is 0.245 e. The van der Waals surface area contributed by atoms with Gasteiger partial charge in [0.15, 0.2) is 0 Å². The summed E-state index contributed by atoms with van der Waals surface area (Å²) in [5.74, 6) is -0.642. The van der Waals surface area contributed by atoms with E-state index in [2.05, 4.69) is 4.72 Å². The molecule has 0 saturated heterocycles. The fourth-order valence-electron chi connectivity index (χ4n) is 2.18. The van der Waals surface area contributed by atoms with Crippen molar-refractivity contribution < 1.29 is 12.8 Å². The van der Waals surface area contributed by atoms with E-state index in [0.29, 0.717) is 6.42 Å². The lowest BCUT2D eigenvalue weighted by Crippen LogP contribution is -2.52. The molecule has 0 spiro atoms. The quantitative estimate of drug-likeness (QED) is 0.820. The first-order chi connectivity index (χ1) is 9.11. The van der Waals surface area contributed by atoms with Gasteiger partial charge in [-0.25, -0.2) is 17.5 Å². The van der Waals surface area contributed by atoms with Crippen LogP contribution in [0.5, 0.6) is 0 Å². The maximum absolute atomic E-state index is 13.8. The minimum absolute atomic E-state index is 0. The van der Waals surface area contributed by atoms with Gasteiger partial charge in [0.05, 0.1) is 5.02 Å². The Hall–Kier alpha value is -0.400. The Bertz CT molecular complexity index is 561. The second-order valence-corrected chi connectivity index (χ2v) is 7.55. The summed E-state index contributed by atoms with van der Waals surface area (Å²) in [5, 5.41) is -0.151. The molecule has 0 aliphatic carbocycles. The molecule has 0 aromatic heterocycles. The summed E-state index contributed by atoms with van der Waals surface area (Å²) in [6.07, 6.45) is 0.537. The maximum Gasteiger partial charge on any atom is 0.245 e. The summed E-state index contributed by atoms with van der Waals surface area (Å²) in [4.78, 5) is -0.537. The van der Waals surface area contributed by atoms with Gasteiger partial charge in [-0.1, -0.05) is 31.5 Å². The number of hydrogen-bond donors (Lipinski definition) is 2. The first-order valence-electron chi connectivity index (χ1n) is 6.29. The monoisotopic (exact) mass is 358 g/mol. The number of sulfonamides is 1. The maximum atomic E-state index is 13.8. The van der Waals surface area contributed by atoms with E-state index in [-0.39, 0.29) is 29.9 Å². The van der Waals surface area contributed by atoms with Crippen LogP contribution in [0.15, 0.2) is 23.1 Å². The molecule has 3 N–H and O–H groups in total. The van der Waals surface area contributed by atoms with Gasteiger partial charge < -0.3 is 5.73 Å². The van der Waals surface area contributed by atoms with Crippen LogP contribution in [-0.4, -0.2) is 20.5 Å². The Morgan fingerprint density at radius 1 is 1.43 bits per heavy atom. The van der Waals surface area contributed by atoms with Crippen LogP contribution >= 0.6 is 24.0 Å². The Morgan fingerprint density at radius 2 is 2.00 bits per heavy atom. The van der Waals surface area contributed by atoms with Gasteiger partial charge in [-0.3, -0.25) is 0 Å². The SMILES string of the molecule is CC(C)CC(C)(CN)NS(=O)(=O)c1c(F)cccc1Cl.Cl. The molecule has 1 aromatic rings. The van der Waals surface area contributed by atoms with E-state index in [1.165, 1.54) is 12.1 Å². The first-order valence-corrected chi connectivity index (χ1v) is 8.15. The second-order valence-electron chi connectivity index (χ2n) is 5.52. The fourth-order valence-corrected chi connectivity index (χ4v) is 4.22. The minimum atomic E-state index is -4.07. The molecule has 0 fully saturated rings. The molecule has 1 atom stereocenters. The van der Waals surface area contributed by atoms with E-state index < -0.39 is 26.3 Å². The fraction of sp³-hybridized carbons (Fsp3) is 0.538. The minimum Gasteiger partial charge on any atom is -0.329 e. The number of hydrogen-bond acceptors (Lipinski definition) is 3. The summed E-state index contributed by atoms with van der Waals surface area (Å²) in [6, 6.07) is 3.75. The highest BCUT2D eigenvalue weighted by molar-refractivity contribution is 7.89. The lowest BCUT2D eigenvalue weighted by Gasteiger charge is -2.31. The van der Waals surface area contributed by atoms with Gasteiger partial charge >= 0.3 is 0 Å². The van der Waals surface area contributed by atoms with Crippen LogP contribution in [0.25, 0.3) is 0 Å². The van der Waals surface area contributed by atoms with Gasteiger partial charge in [0.2, 0.25) is 10.0 Å². The normalized spacial score (nSPS) is 14.6. The molecule has 21 heavy (non-hydrogen) atoms. The van der Waals surface area contributed by atoms with Crippen molar-refractivity contribution in [1.82, 2.24) is 4.72 Å². The number of rotatable bonds is 6. The van der Waals surface area contributed by atoms with Crippen molar-refractivity contribution in [2.45, 2.75) is 37.6 Å². The number of halogens is 3. The highest BCUT2D eigenvalue weighted by Gasteiger charge is 2.32. The summed E-state index contributed by atoms with van der Waals surface area (Å²) in [5.41, 5.74) is 4.81. The molecule has 122 valence electrons. The Balaban J connectivity index is 0.00000400. The zero-order valence-electron chi connectivity index (χ0n) is 12.2. The van der Waals surface area contributed by atoms with Crippen LogP contribution in [0.4, 0.5) is 4.39 Å². The predicted octanol–water partition coefficient (Wildman–Crippen LogP) is 2.94. The lowest BCUT2D eigenvalue weighted by atomic mass is 9.92. The van der Waals surface area contributed by atoms with Crippen LogP contribution in [0.2, 0.25) is 5.02 Å². The third kappa shape index (κ3) is 5.38. The molecule has 0 heterocycles. The third-order valence-corrected chi connectivity index (χ3v) is 5.02. The molecule has 1 aromatic carbocycles. The van der Waals surface area contributed by atoms with Crippen molar-refractivity contribution in [3.8, 4) is 0 Å². The Morgan fingerprint density at radius 3 is 2.43 bits per heavy atom. The van der Waals surface area contributed by atoms with Crippen molar-refractivity contribution in [1.29, 1.82) is 0 Å². The van der Waals surface area contributed by atoms with Crippen molar-refractivity contribution in [2.75, 3.05) is 6.54 Å². The average Bonchev–Trinajstić information content (AvgIpc) is 2.26. The number of benzene rings is 1. The highest BCUT2D eigenvalue weighted by atomic mass is 35.5. The zero-order chi connectivity index (χ0) is 15.6. The predicted molar refractivity (Wildman–Crippen MR) is 85.9 cm³/mol. The summed E-state index contributed by atoms with van der Waals surface area (Å²) < 4.78 is 40.9. The van der Waals surface area contributed by atoms with Gasteiger partial charge in [0, 0.05) is 12.1 Å². The highest BCUT2D eigenvalue weighted by Crippen LogP contribution is 2.26. The van der Waals surface area contributed by atoms with Crippen LogP contribution in [0.1, 0.15) is 27.2 Å². The van der Waals surface area contributed by atoms with Gasteiger partial charge in [-0.05, 0) is 31.4 Å². The zero-order valence-corrected chi connectivity index (χ0v) is 14.6. The molecule has 0 aliphatic rings. The first kappa shape index (κ1) is 20.6.